The first-order valence-corrected chi connectivity index (χ1v) is 9.03. The molecule has 2 aromatic rings. The second-order valence-electron chi connectivity index (χ2n) is 5.76. The Morgan fingerprint density at radius 3 is 2.58 bits per heavy atom. The number of anilines is 1. The molecule has 1 aliphatic heterocycles. The largest absolute Gasteiger partial charge is 0.375 e. The molecule has 1 fully saturated rings. The molecule has 1 aromatic heterocycles. The van der Waals surface area contributed by atoms with Gasteiger partial charge in [0, 0.05) is 44.9 Å². The maximum Gasteiger partial charge on any atom is 0.191 e. The van der Waals surface area contributed by atoms with Gasteiger partial charge in [-0.2, -0.15) is 0 Å². The number of benzene rings is 1. The molecule has 0 aliphatic carbocycles. The first-order valence-electron chi connectivity index (χ1n) is 8.15. The monoisotopic (exact) mass is 491 g/mol. The van der Waals surface area contributed by atoms with Crippen molar-refractivity contribution in [3.8, 4) is 0 Å². The van der Waals surface area contributed by atoms with Crippen molar-refractivity contribution >= 4 is 46.4 Å². The van der Waals surface area contributed by atoms with E-state index >= 15 is 0 Å². The van der Waals surface area contributed by atoms with Gasteiger partial charge in [0.05, 0.1) is 6.54 Å². The standard InChI is InChI=1S/C17H22FN5OS.HI/c1-24-15(13-2-4-14(18)5-3-13)12-21-16(19)22-7-9-23(10-8-22)17-20-6-11-25-17;/h2-6,11,15H,7-10,12H2,1H3,(H2,19,21);1H. The fourth-order valence-corrected chi connectivity index (χ4v) is 3.47. The summed E-state index contributed by atoms with van der Waals surface area (Å²) in [5, 5.41) is 3.03. The van der Waals surface area contributed by atoms with Crippen LogP contribution in [0.5, 0.6) is 0 Å². The normalized spacial score (nSPS) is 16.3. The molecule has 1 saturated heterocycles. The van der Waals surface area contributed by atoms with Crippen molar-refractivity contribution in [3.63, 3.8) is 0 Å². The van der Waals surface area contributed by atoms with Gasteiger partial charge in [0.1, 0.15) is 11.9 Å². The highest BCUT2D eigenvalue weighted by molar-refractivity contribution is 14.0. The van der Waals surface area contributed by atoms with Crippen molar-refractivity contribution in [1.29, 1.82) is 0 Å². The Balaban J connectivity index is 0.00000243. The number of ether oxygens (including phenoxy) is 1. The van der Waals surface area contributed by atoms with Gasteiger partial charge in [-0.3, -0.25) is 4.99 Å². The molecule has 0 spiro atoms. The summed E-state index contributed by atoms with van der Waals surface area (Å²) in [6.45, 7) is 3.76. The van der Waals surface area contributed by atoms with Crippen LogP contribution in [-0.2, 0) is 4.74 Å². The number of nitrogens with zero attached hydrogens (tertiary/aromatic N) is 4. The van der Waals surface area contributed by atoms with Gasteiger partial charge in [-0.1, -0.05) is 12.1 Å². The Morgan fingerprint density at radius 1 is 1.31 bits per heavy atom. The second kappa shape index (κ2) is 10.0. The molecule has 0 saturated carbocycles. The SMILES string of the molecule is COC(CN=C(N)N1CCN(c2nccs2)CC1)c1ccc(F)cc1.I. The Bertz CT molecular complexity index is 690. The first kappa shape index (κ1) is 20.8. The van der Waals surface area contributed by atoms with E-state index in [1.165, 1.54) is 12.1 Å². The maximum atomic E-state index is 13.0. The van der Waals surface area contributed by atoms with Crippen LogP contribution >= 0.6 is 35.3 Å². The summed E-state index contributed by atoms with van der Waals surface area (Å²) < 4.78 is 18.5. The Kier molecular flexibility index (Phi) is 8.04. The van der Waals surface area contributed by atoms with Gasteiger partial charge in [-0.15, -0.1) is 35.3 Å². The summed E-state index contributed by atoms with van der Waals surface area (Å²) in [6, 6.07) is 6.27. The molecule has 3 rings (SSSR count). The van der Waals surface area contributed by atoms with Crippen molar-refractivity contribution in [2.45, 2.75) is 6.10 Å². The Hall–Kier alpha value is -1.46. The fraction of sp³-hybridized carbons (Fsp3) is 0.412. The van der Waals surface area contributed by atoms with Crippen LogP contribution in [0.2, 0.25) is 0 Å². The molecule has 2 heterocycles. The second-order valence-corrected chi connectivity index (χ2v) is 6.64. The molecule has 9 heteroatoms. The number of nitrogens with two attached hydrogens (primary N) is 1. The van der Waals surface area contributed by atoms with E-state index in [1.807, 2.05) is 11.6 Å². The molecule has 26 heavy (non-hydrogen) atoms. The van der Waals surface area contributed by atoms with Gasteiger partial charge < -0.3 is 20.3 Å². The number of thiazole rings is 1. The highest BCUT2D eigenvalue weighted by atomic mass is 127. The highest BCUT2D eigenvalue weighted by Crippen LogP contribution is 2.20. The average Bonchev–Trinajstić information content (AvgIpc) is 3.18. The van der Waals surface area contributed by atoms with Crippen LogP contribution in [-0.4, -0.2) is 55.7 Å². The predicted octanol–water partition coefficient (Wildman–Crippen LogP) is 2.72. The topological polar surface area (TPSA) is 67.0 Å². The van der Waals surface area contributed by atoms with E-state index in [-0.39, 0.29) is 35.9 Å². The van der Waals surface area contributed by atoms with Crippen LogP contribution < -0.4 is 10.6 Å². The summed E-state index contributed by atoms with van der Waals surface area (Å²) in [6.07, 6.45) is 1.58. The van der Waals surface area contributed by atoms with E-state index in [4.69, 9.17) is 10.5 Å². The number of piperazine rings is 1. The van der Waals surface area contributed by atoms with Crippen LogP contribution in [0.4, 0.5) is 9.52 Å². The van der Waals surface area contributed by atoms with Crippen LogP contribution in [0, 0.1) is 5.82 Å². The first-order chi connectivity index (χ1) is 12.2. The number of aliphatic imine (C=N–C) groups is 1. The zero-order valence-electron chi connectivity index (χ0n) is 14.5. The lowest BCUT2D eigenvalue weighted by Crippen LogP contribution is -2.51. The van der Waals surface area contributed by atoms with E-state index in [0.29, 0.717) is 12.5 Å². The molecular formula is C17H23FIN5OS. The molecular weight excluding hydrogens is 468 g/mol. The molecule has 0 radical (unpaired) electrons. The molecule has 1 atom stereocenters. The summed E-state index contributed by atoms with van der Waals surface area (Å²) in [4.78, 5) is 13.1. The van der Waals surface area contributed by atoms with Gasteiger partial charge in [-0.05, 0) is 17.7 Å². The quantitative estimate of drug-likeness (QED) is 0.396. The smallest absolute Gasteiger partial charge is 0.191 e. The molecule has 0 amide bonds. The van der Waals surface area contributed by atoms with E-state index in [1.54, 1.807) is 30.6 Å². The molecule has 2 N–H and O–H groups in total. The third kappa shape index (κ3) is 5.27. The van der Waals surface area contributed by atoms with E-state index in [0.717, 1.165) is 36.9 Å². The van der Waals surface area contributed by atoms with Crippen molar-refractivity contribution in [2.75, 3.05) is 44.7 Å². The number of rotatable bonds is 5. The van der Waals surface area contributed by atoms with E-state index < -0.39 is 0 Å². The minimum atomic E-state index is -0.264. The van der Waals surface area contributed by atoms with Gasteiger partial charge in [0.2, 0.25) is 0 Å². The zero-order valence-corrected chi connectivity index (χ0v) is 17.7. The summed E-state index contributed by atoms with van der Waals surface area (Å²) in [5.41, 5.74) is 7.03. The number of hydrogen-bond donors (Lipinski definition) is 1. The van der Waals surface area contributed by atoms with Gasteiger partial charge in [0.15, 0.2) is 11.1 Å². The highest BCUT2D eigenvalue weighted by Gasteiger charge is 2.20. The molecule has 142 valence electrons. The number of guanidine groups is 1. The number of methoxy groups -OCH3 is 1. The molecule has 6 nitrogen and oxygen atoms in total. The number of hydrogen-bond acceptors (Lipinski definition) is 5. The Labute approximate surface area is 173 Å². The van der Waals surface area contributed by atoms with Crippen LogP contribution in [0.3, 0.4) is 0 Å². The van der Waals surface area contributed by atoms with E-state index in [9.17, 15) is 4.39 Å². The van der Waals surface area contributed by atoms with E-state index in [2.05, 4.69) is 19.8 Å². The predicted molar refractivity (Wildman–Crippen MR) is 114 cm³/mol. The van der Waals surface area contributed by atoms with Crippen molar-refractivity contribution in [3.05, 3.63) is 47.2 Å². The minimum Gasteiger partial charge on any atom is -0.375 e. The average molecular weight is 491 g/mol. The minimum absolute atomic E-state index is 0. The number of halogens is 2. The van der Waals surface area contributed by atoms with Crippen molar-refractivity contribution in [1.82, 2.24) is 9.88 Å². The summed E-state index contributed by atoms with van der Waals surface area (Å²) >= 11 is 1.65. The lowest BCUT2D eigenvalue weighted by atomic mass is 10.1. The van der Waals surface area contributed by atoms with Gasteiger partial charge >= 0.3 is 0 Å². The third-order valence-corrected chi connectivity index (χ3v) is 5.07. The third-order valence-electron chi connectivity index (χ3n) is 4.24. The van der Waals surface area contributed by atoms with Crippen LogP contribution in [0.15, 0.2) is 40.8 Å². The Morgan fingerprint density at radius 2 is 2.00 bits per heavy atom. The maximum absolute atomic E-state index is 13.0. The molecule has 1 aromatic carbocycles. The van der Waals surface area contributed by atoms with Crippen LogP contribution in [0.1, 0.15) is 11.7 Å². The van der Waals surface area contributed by atoms with Crippen molar-refractivity contribution < 1.29 is 9.13 Å². The molecule has 1 aliphatic rings. The molecule has 1 unspecified atom stereocenters. The van der Waals surface area contributed by atoms with Crippen molar-refractivity contribution in [2.24, 2.45) is 10.7 Å². The van der Waals surface area contributed by atoms with Gasteiger partial charge in [0.25, 0.3) is 0 Å². The summed E-state index contributed by atoms with van der Waals surface area (Å²) in [5.74, 6) is 0.252. The lowest BCUT2D eigenvalue weighted by Gasteiger charge is -2.35. The fourth-order valence-electron chi connectivity index (χ4n) is 2.77. The lowest BCUT2D eigenvalue weighted by molar-refractivity contribution is 0.110. The number of aromatic nitrogens is 1. The summed E-state index contributed by atoms with van der Waals surface area (Å²) in [7, 11) is 1.62. The zero-order chi connectivity index (χ0) is 17.6. The van der Waals surface area contributed by atoms with Crippen LogP contribution in [0.25, 0.3) is 0 Å². The van der Waals surface area contributed by atoms with Gasteiger partial charge in [-0.25, -0.2) is 9.37 Å². The molecule has 0 bridgehead atoms.